The van der Waals surface area contributed by atoms with Gasteiger partial charge in [0.2, 0.25) is 11.8 Å². The summed E-state index contributed by atoms with van der Waals surface area (Å²) >= 11 is 19.2. The number of aromatic nitrogens is 3. The third kappa shape index (κ3) is 6.07. The molecule has 3 aromatic rings. The van der Waals surface area contributed by atoms with Crippen molar-refractivity contribution in [2.45, 2.75) is 11.6 Å². The van der Waals surface area contributed by atoms with Crippen molar-refractivity contribution >= 4 is 69.8 Å². The summed E-state index contributed by atoms with van der Waals surface area (Å²) in [6, 6.07) is 9.91. The zero-order chi connectivity index (χ0) is 23.3. The van der Waals surface area contributed by atoms with E-state index in [1.54, 1.807) is 48.0 Å². The number of hydrogen-bond donors (Lipinski definition) is 2. The Hall–Kier alpha value is -2.46. The van der Waals surface area contributed by atoms with Crippen LogP contribution in [0.1, 0.15) is 5.82 Å². The van der Waals surface area contributed by atoms with Gasteiger partial charge in [0, 0.05) is 12.1 Å². The number of anilines is 2. The molecule has 0 unspecified atom stereocenters. The molecule has 0 spiro atoms. The molecular formula is C20H18Cl3N5O3S. The molecule has 0 fully saturated rings. The molecule has 12 heteroatoms. The van der Waals surface area contributed by atoms with Crippen molar-refractivity contribution in [3.63, 3.8) is 0 Å². The van der Waals surface area contributed by atoms with Crippen LogP contribution in [0.4, 0.5) is 11.4 Å². The Labute approximate surface area is 203 Å². The monoisotopic (exact) mass is 513 g/mol. The Balaban J connectivity index is 1.58. The Kier molecular flexibility index (Phi) is 8.25. The second kappa shape index (κ2) is 10.9. The van der Waals surface area contributed by atoms with Gasteiger partial charge >= 0.3 is 0 Å². The molecule has 2 amide bonds. The van der Waals surface area contributed by atoms with Gasteiger partial charge in [-0.3, -0.25) is 9.59 Å². The van der Waals surface area contributed by atoms with Gasteiger partial charge in [-0.2, -0.15) is 0 Å². The van der Waals surface area contributed by atoms with Crippen LogP contribution in [0.15, 0.2) is 41.6 Å². The van der Waals surface area contributed by atoms with Crippen LogP contribution in [0.3, 0.4) is 0 Å². The molecule has 0 aliphatic heterocycles. The van der Waals surface area contributed by atoms with Gasteiger partial charge in [-0.05, 0) is 30.3 Å². The summed E-state index contributed by atoms with van der Waals surface area (Å²) in [5.41, 5.74) is 0.884. The molecule has 8 nitrogen and oxygen atoms in total. The number of carbonyl (C=O) groups is 2. The zero-order valence-corrected chi connectivity index (χ0v) is 20.1. The van der Waals surface area contributed by atoms with Gasteiger partial charge < -0.3 is 19.9 Å². The zero-order valence-electron chi connectivity index (χ0n) is 17.0. The van der Waals surface area contributed by atoms with E-state index in [0.717, 1.165) is 0 Å². The lowest BCUT2D eigenvalue weighted by Crippen LogP contribution is -2.17. The predicted octanol–water partition coefficient (Wildman–Crippen LogP) is 4.70. The summed E-state index contributed by atoms with van der Waals surface area (Å²) in [4.78, 5) is 24.7. The van der Waals surface area contributed by atoms with Crippen molar-refractivity contribution in [1.82, 2.24) is 14.8 Å². The van der Waals surface area contributed by atoms with E-state index in [4.69, 9.17) is 39.5 Å². The minimum atomic E-state index is -0.327. The Bertz CT molecular complexity index is 1160. The fourth-order valence-electron chi connectivity index (χ4n) is 2.66. The highest BCUT2D eigenvalue weighted by Crippen LogP contribution is 2.30. The van der Waals surface area contributed by atoms with E-state index < -0.39 is 0 Å². The van der Waals surface area contributed by atoms with Crippen LogP contribution in [-0.2, 0) is 23.1 Å². The minimum absolute atomic E-state index is 0.0290. The summed E-state index contributed by atoms with van der Waals surface area (Å²) in [6.07, 6.45) is -0.0290. The standard InChI is InChI=1S/C20H18Cl3N5O3S/c1-28-16(9-17(29)24-13-5-3-4-12(22)19(13)23)26-27-20(28)32-10-18(30)25-14-8-11(21)6-7-15(14)31-2/h3-8H,9-10H2,1-2H3,(H,24,29)(H,25,30). The molecule has 0 aliphatic carbocycles. The van der Waals surface area contributed by atoms with Crippen LogP contribution >= 0.6 is 46.6 Å². The van der Waals surface area contributed by atoms with E-state index in [1.165, 1.54) is 18.9 Å². The number of hydrogen-bond acceptors (Lipinski definition) is 6. The normalized spacial score (nSPS) is 10.7. The quantitative estimate of drug-likeness (QED) is 0.423. The van der Waals surface area contributed by atoms with Gasteiger partial charge in [0.05, 0.1) is 40.7 Å². The third-order valence-corrected chi connectivity index (χ3v) is 6.31. The highest BCUT2D eigenvalue weighted by Gasteiger charge is 2.16. The summed E-state index contributed by atoms with van der Waals surface area (Å²) in [5.74, 6) is 0.409. The average Bonchev–Trinajstić information content (AvgIpc) is 3.09. The summed E-state index contributed by atoms with van der Waals surface area (Å²) in [7, 11) is 3.22. The molecule has 2 aromatic carbocycles. The molecule has 2 N–H and O–H groups in total. The lowest BCUT2D eigenvalue weighted by Gasteiger charge is -2.10. The number of thioether (sulfide) groups is 1. The maximum atomic E-state index is 12.4. The summed E-state index contributed by atoms with van der Waals surface area (Å²) in [5, 5.41) is 15.1. The molecule has 1 aromatic heterocycles. The number of halogens is 3. The van der Waals surface area contributed by atoms with Crippen LogP contribution in [0.5, 0.6) is 5.75 Å². The van der Waals surface area contributed by atoms with E-state index in [9.17, 15) is 9.59 Å². The smallest absolute Gasteiger partial charge is 0.234 e. The second-order valence-corrected chi connectivity index (χ2v) is 8.63. The number of ether oxygens (including phenoxy) is 1. The molecule has 0 bridgehead atoms. The van der Waals surface area contributed by atoms with Crippen molar-refractivity contribution < 1.29 is 14.3 Å². The first-order valence-electron chi connectivity index (χ1n) is 9.16. The first-order valence-corrected chi connectivity index (χ1v) is 11.3. The van der Waals surface area contributed by atoms with Gasteiger partial charge in [-0.1, -0.05) is 52.6 Å². The van der Waals surface area contributed by atoms with Crippen LogP contribution in [0, 0.1) is 0 Å². The molecule has 0 radical (unpaired) electrons. The van der Waals surface area contributed by atoms with Crippen molar-refractivity contribution in [2.24, 2.45) is 7.05 Å². The number of nitrogens with zero attached hydrogens (tertiary/aromatic N) is 3. The maximum Gasteiger partial charge on any atom is 0.234 e. The van der Waals surface area contributed by atoms with E-state index in [2.05, 4.69) is 20.8 Å². The maximum absolute atomic E-state index is 12.4. The number of benzene rings is 2. The highest BCUT2D eigenvalue weighted by atomic mass is 35.5. The van der Waals surface area contributed by atoms with Gasteiger partial charge in [-0.25, -0.2) is 0 Å². The molecular weight excluding hydrogens is 497 g/mol. The summed E-state index contributed by atoms with van der Waals surface area (Å²) < 4.78 is 6.87. The van der Waals surface area contributed by atoms with E-state index in [1.807, 2.05) is 0 Å². The molecule has 32 heavy (non-hydrogen) atoms. The van der Waals surface area contributed by atoms with Crippen LogP contribution in [0.2, 0.25) is 15.1 Å². The van der Waals surface area contributed by atoms with Gasteiger partial charge in [0.15, 0.2) is 5.16 Å². The number of nitrogens with one attached hydrogen (secondary N) is 2. The second-order valence-electron chi connectivity index (χ2n) is 6.47. The van der Waals surface area contributed by atoms with Crippen LogP contribution in [-0.4, -0.2) is 39.4 Å². The Morgan fingerprint density at radius 2 is 1.81 bits per heavy atom. The molecule has 168 valence electrons. The lowest BCUT2D eigenvalue weighted by molar-refractivity contribution is -0.116. The summed E-state index contributed by atoms with van der Waals surface area (Å²) in [6.45, 7) is 0. The van der Waals surface area contributed by atoms with Crippen molar-refractivity contribution in [3.8, 4) is 5.75 Å². The Morgan fingerprint density at radius 1 is 1.06 bits per heavy atom. The number of methoxy groups -OCH3 is 1. The van der Waals surface area contributed by atoms with Crippen molar-refractivity contribution in [1.29, 1.82) is 0 Å². The fraction of sp³-hybridized carbons (Fsp3) is 0.200. The largest absolute Gasteiger partial charge is 0.495 e. The van der Waals surface area contributed by atoms with Crippen molar-refractivity contribution in [3.05, 3.63) is 57.3 Å². The van der Waals surface area contributed by atoms with Gasteiger partial charge in [0.1, 0.15) is 11.6 Å². The van der Waals surface area contributed by atoms with E-state index in [-0.39, 0.29) is 29.0 Å². The average molecular weight is 515 g/mol. The molecule has 0 atom stereocenters. The van der Waals surface area contributed by atoms with E-state index >= 15 is 0 Å². The van der Waals surface area contributed by atoms with Crippen LogP contribution < -0.4 is 15.4 Å². The molecule has 0 saturated carbocycles. The predicted molar refractivity (Wildman–Crippen MR) is 127 cm³/mol. The topological polar surface area (TPSA) is 98.1 Å². The molecule has 1 heterocycles. The first-order chi connectivity index (χ1) is 15.3. The number of amides is 2. The fourth-order valence-corrected chi connectivity index (χ4v) is 3.91. The SMILES string of the molecule is COc1ccc(Cl)cc1NC(=O)CSc1nnc(CC(=O)Nc2cccc(Cl)c2Cl)n1C. The molecule has 0 aliphatic rings. The minimum Gasteiger partial charge on any atom is -0.495 e. The first kappa shape index (κ1) is 24.2. The number of rotatable bonds is 8. The molecule has 3 rings (SSSR count). The van der Waals surface area contributed by atoms with Gasteiger partial charge in [0.25, 0.3) is 0 Å². The van der Waals surface area contributed by atoms with Crippen LogP contribution in [0.25, 0.3) is 0 Å². The highest BCUT2D eigenvalue weighted by molar-refractivity contribution is 7.99. The van der Waals surface area contributed by atoms with Crippen molar-refractivity contribution in [2.75, 3.05) is 23.5 Å². The van der Waals surface area contributed by atoms with E-state index in [0.29, 0.717) is 38.2 Å². The lowest BCUT2D eigenvalue weighted by atomic mass is 10.3. The Morgan fingerprint density at radius 3 is 2.56 bits per heavy atom. The third-order valence-electron chi connectivity index (χ3n) is 4.24. The molecule has 0 saturated heterocycles. The number of carbonyl (C=O) groups excluding carboxylic acids is 2. The van der Waals surface area contributed by atoms with Gasteiger partial charge in [-0.15, -0.1) is 10.2 Å².